The Balaban J connectivity index is 2.67. The van der Waals surface area contributed by atoms with Crippen LogP contribution in [0.2, 0.25) is 0 Å². The maximum atomic E-state index is 12.5. The summed E-state index contributed by atoms with van der Waals surface area (Å²) in [7, 11) is 1.37. The van der Waals surface area contributed by atoms with Crippen LogP contribution < -0.4 is 20.1 Å². The second kappa shape index (κ2) is 9.07. The number of hydrogen-bond acceptors (Lipinski definition) is 7. The normalized spacial score (nSPS) is 16.1. The molecule has 2 amide bonds. The quantitative estimate of drug-likeness (QED) is 0.394. The zero-order chi connectivity index (χ0) is 20.8. The van der Waals surface area contributed by atoms with Gasteiger partial charge in [0.15, 0.2) is 11.5 Å². The number of esters is 1. The number of carbonyl (C=O) groups is 2. The number of methoxy groups -OCH3 is 1. The van der Waals surface area contributed by atoms with E-state index in [2.05, 4.69) is 10.6 Å². The van der Waals surface area contributed by atoms with Crippen LogP contribution in [0.15, 0.2) is 23.4 Å². The van der Waals surface area contributed by atoms with Gasteiger partial charge in [0.25, 0.3) is 5.69 Å². The van der Waals surface area contributed by atoms with Crippen LogP contribution in [0, 0.1) is 10.1 Å². The van der Waals surface area contributed by atoms with E-state index in [-0.39, 0.29) is 40.6 Å². The summed E-state index contributed by atoms with van der Waals surface area (Å²) >= 11 is 0. The third-order valence-electron chi connectivity index (χ3n) is 4.05. The van der Waals surface area contributed by atoms with Crippen LogP contribution in [0.5, 0.6) is 11.5 Å². The molecule has 2 rings (SSSR count). The fraction of sp³-hybridized carbons (Fsp3) is 0.444. The van der Waals surface area contributed by atoms with Gasteiger partial charge < -0.3 is 24.8 Å². The number of amides is 2. The first-order valence-corrected chi connectivity index (χ1v) is 8.78. The lowest BCUT2D eigenvalue weighted by Gasteiger charge is -2.28. The number of rotatable bonds is 8. The van der Waals surface area contributed by atoms with Crippen LogP contribution in [0.4, 0.5) is 10.5 Å². The number of nitro groups is 1. The summed E-state index contributed by atoms with van der Waals surface area (Å²) in [4.78, 5) is 35.5. The number of nitro benzene ring substituents is 1. The molecule has 0 radical (unpaired) electrons. The van der Waals surface area contributed by atoms with E-state index >= 15 is 0 Å². The monoisotopic (exact) mass is 393 g/mol. The Morgan fingerprint density at radius 3 is 2.57 bits per heavy atom. The van der Waals surface area contributed by atoms with E-state index in [1.54, 1.807) is 6.92 Å². The van der Waals surface area contributed by atoms with Gasteiger partial charge in [-0.3, -0.25) is 10.1 Å². The van der Waals surface area contributed by atoms with Crippen molar-refractivity contribution in [2.75, 3.05) is 20.3 Å². The summed E-state index contributed by atoms with van der Waals surface area (Å²) in [6.45, 7) is 5.57. The smallest absolute Gasteiger partial charge is 0.338 e. The highest BCUT2D eigenvalue weighted by molar-refractivity contribution is 5.95. The zero-order valence-electron chi connectivity index (χ0n) is 16.2. The number of nitrogens with one attached hydrogen (secondary N) is 2. The highest BCUT2D eigenvalue weighted by Crippen LogP contribution is 2.40. The van der Waals surface area contributed by atoms with Crippen LogP contribution >= 0.6 is 0 Å². The van der Waals surface area contributed by atoms with Crippen LogP contribution in [-0.4, -0.2) is 37.2 Å². The summed E-state index contributed by atoms with van der Waals surface area (Å²) in [6, 6.07) is 0.960. The Morgan fingerprint density at radius 2 is 2.00 bits per heavy atom. The van der Waals surface area contributed by atoms with Gasteiger partial charge in [-0.1, -0.05) is 6.92 Å². The van der Waals surface area contributed by atoms with E-state index in [1.807, 2.05) is 6.92 Å². The topological polar surface area (TPSA) is 129 Å². The average Bonchev–Trinajstić information content (AvgIpc) is 2.64. The molecule has 10 nitrogen and oxygen atoms in total. The predicted molar refractivity (Wildman–Crippen MR) is 99.2 cm³/mol. The summed E-state index contributed by atoms with van der Waals surface area (Å²) in [5.41, 5.74) is 0.112. The average molecular weight is 393 g/mol. The standard InChI is InChI=1S/C18H23N3O7/c1-5-7-28-14-8-11(12(21(24)25)9-13(14)26-4)16-15(17(22)27-6-2)10(3)19-18(23)20-16/h8-9,16H,5-7H2,1-4H3,(H2,19,20,23). The van der Waals surface area contributed by atoms with Crippen molar-refractivity contribution in [3.63, 3.8) is 0 Å². The summed E-state index contributed by atoms with van der Waals surface area (Å²) in [5.74, 6) is -0.222. The number of carbonyl (C=O) groups excluding carboxylic acids is 2. The molecule has 0 spiro atoms. The number of urea groups is 1. The molecule has 1 aromatic rings. The van der Waals surface area contributed by atoms with Crippen molar-refractivity contribution in [1.29, 1.82) is 0 Å². The maximum absolute atomic E-state index is 12.5. The lowest BCUT2D eigenvalue weighted by molar-refractivity contribution is -0.385. The number of ether oxygens (including phenoxy) is 3. The number of nitrogens with zero attached hydrogens (tertiary/aromatic N) is 1. The number of hydrogen-bond donors (Lipinski definition) is 2. The SMILES string of the molecule is CCCOc1cc(C2NC(=O)NC(C)=C2C(=O)OCC)c([N+](=O)[O-])cc1OC. The number of allylic oxidation sites excluding steroid dienone is 1. The van der Waals surface area contributed by atoms with Crippen LogP contribution in [0.25, 0.3) is 0 Å². The summed E-state index contributed by atoms with van der Waals surface area (Å²) in [5, 5.41) is 16.7. The van der Waals surface area contributed by atoms with Crippen molar-refractivity contribution >= 4 is 17.7 Å². The maximum Gasteiger partial charge on any atom is 0.338 e. The largest absolute Gasteiger partial charge is 0.493 e. The molecule has 1 aromatic carbocycles. The fourth-order valence-electron chi connectivity index (χ4n) is 2.85. The molecule has 0 fully saturated rings. The van der Waals surface area contributed by atoms with E-state index in [1.165, 1.54) is 26.2 Å². The molecule has 1 heterocycles. The van der Waals surface area contributed by atoms with Gasteiger partial charge in [-0.2, -0.15) is 0 Å². The molecule has 1 atom stereocenters. The molecule has 0 aliphatic carbocycles. The van der Waals surface area contributed by atoms with Gasteiger partial charge in [-0.25, -0.2) is 9.59 Å². The molecule has 1 unspecified atom stereocenters. The van der Waals surface area contributed by atoms with E-state index in [9.17, 15) is 19.7 Å². The molecule has 0 bridgehead atoms. The van der Waals surface area contributed by atoms with Gasteiger partial charge in [-0.15, -0.1) is 0 Å². The molecule has 28 heavy (non-hydrogen) atoms. The zero-order valence-corrected chi connectivity index (χ0v) is 16.2. The first-order valence-electron chi connectivity index (χ1n) is 8.78. The van der Waals surface area contributed by atoms with Crippen molar-refractivity contribution in [2.45, 2.75) is 33.2 Å². The van der Waals surface area contributed by atoms with Crippen molar-refractivity contribution in [3.8, 4) is 11.5 Å². The minimum atomic E-state index is -1.08. The van der Waals surface area contributed by atoms with Crippen molar-refractivity contribution in [1.82, 2.24) is 10.6 Å². The van der Waals surface area contributed by atoms with Gasteiger partial charge in [0, 0.05) is 5.70 Å². The highest BCUT2D eigenvalue weighted by atomic mass is 16.6. The molecule has 2 N–H and O–H groups in total. The molecular formula is C18H23N3O7. The first kappa shape index (κ1) is 21.0. The molecule has 152 valence electrons. The Labute approximate surface area is 162 Å². The third kappa shape index (κ3) is 4.33. The second-order valence-electron chi connectivity index (χ2n) is 5.96. The van der Waals surface area contributed by atoms with Crippen LogP contribution in [0.1, 0.15) is 38.8 Å². The molecule has 0 aromatic heterocycles. The molecular weight excluding hydrogens is 370 g/mol. The van der Waals surface area contributed by atoms with Gasteiger partial charge >= 0.3 is 12.0 Å². The van der Waals surface area contributed by atoms with E-state index < -0.39 is 23.0 Å². The molecule has 10 heteroatoms. The van der Waals surface area contributed by atoms with Gasteiger partial charge in [0.05, 0.1) is 48.5 Å². The molecule has 0 saturated heterocycles. The van der Waals surface area contributed by atoms with Gasteiger partial charge in [0.1, 0.15) is 0 Å². The molecule has 1 aliphatic heterocycles. The highest BCUT2D eigenvalue weighted by Gasteiger charge is 2.37. The third-order valence-corrected chi connectivity index (χ3v) is 4.05. The van der Waals surface area contributed by atoms with E-state index in [0.717, 1.165) is 0 Å². The minimum absolute atomic E-state index is 0.0798. The lowest BCUT2D eigenvalue weighted by atomic mass is 9.93. The first-order chi connectivity index (χ1) is 13.3. The Hall–Kier alpha value is -3.30. The predicted octanol–water partition coefficient (Wildman–Crippen LogP) is 2.58. The Morgan fingerprint density at radius 1 is 1.29 bits per heavy atom. The Bertz CT molecular complexity index is 820. The van der Waals surface area contributed by atoms with Gasteiger partial charge in [0.2, 0.25) is 0 Å². The van der Waals surface area contributed by atoms with E-state index in [0.29, 0.717) is 13.0 Å². The molecule has 0 saturated carbocycles. The minimum Gasteiger partial charge on any atom is -0.493 e. The fourth-order valence-corrected chi connectivity index (χ4v) is 2.85. The number of benzene rings is 1. The Kier molecular flexibility index (Phi) is 6.80. The van der Waals surface area contributed by atoms with Crippen molar-refractivity contribution in [3.05, 3.63) is 39.1 Å². The summed E-state index contributed by atoms with van der Waals surface area (Å²) in [6.07, 6.45) is 0.715. The second-order valence-corrected chi connectivity index (χ2v) is 5.96. The van der Waals surface area contributed by atoms with E-state index in [4.69, 9.17) is 14.2 Å². The van der Waals surface area contributed by atoms with Gasteiger partial charge in [-0.05, 0) is 26.3 Å². The summed E-state index contributed by atoms with van der Waals surface area (Å²) < 4.78 is 15.9. The van der Waals surface area contributed by atoms with Crippen LogP contribution in [-0.2, 0) is 9.53 Å². The lowest BCUT2D eigenvalue weighted by Crippen LogP contribution is -2.45. The van der Waals surface area contributed by atoms with Crippen molar-refractivity contribution in [2.24, 2.45) is 0 Å². The van der Waals surface area contributed by atoms with Crippen LogP contribution in [0.3, 0.4) is 0 Å². The van der Waals surface area contributed by atoms with Crippen molar-refractivity contribution < 1.29 is 28.7 Å². The molecule has 1 aliphatic rings.